The van der Waals surface area contributed by atoms with Gasteiger partial charge in [0.2, 0.25) is 21.8 Å². The predicted molar refractivity (Wildman–Crippen MR) is 142 cm³/mol. The number of carbonyl (C=O) groups excluding carboxylic acids is 2. The normalized spacial score (nSPS) is 12.2. The van der Waals surface area contributed by atoms with Crippen molar-refractivity contribution in [2.45, 2.75) is 53.1 Å². The largest absolute Gasteiger partial charge is 0.354 e. The highest BCUT2D eigenvalue weighted by atomic mass is 35.5. The molecule has 7 nitrogen and oxygen atoms in total. The van der Waals surface area contributed by atoms with Gasteiger partial charge in [-0.2, -0.15) is 0 Å². The van der Waals surface area contributed by atoms with Crippen LogP contribution in [0.25, 0.3) is 0 Å². The standard InChI is InChI=1S/C25H33Cl2N3O4S/c1-6-7-13-28-25(32)19(4)29(15-20-11-12-21(26)14-22(20)27)24(31)16-30(35(5,33)34)23-10-8-9-17(2)18(23)3/h8-12,14,19H,6-7,13,15-16H2,1-5H3,(H,28,32). The number of hydrogen-bond acceptors (Lipinski definition) is 4. The third-order valence-electron chi connectivity index (χ3n) is 5.88. The maximum Gasteiger partial charge on any atom is 0.244 e. The van der Waals surface area contributed by atoms with Gasteiger partial charge in [0, 0.05) is 23.1 Å². The maximum atomic E-state index is 13.6. The van der Waals surface area contributed by atoms with Gasteiger partial charge in [-0.1, -0.05) is 54.7 Å². The fourth-order valence-electron chi connectivity index (χ4n) is 3.55. The lowest BCUT2D eigenvalue weighted by Gasteiger charge is -2.32. The summed E-state index contributed by atoms with van der Waals surface area (Å²) in [6.45, 7) is 7.36. The molecular weight excluding hydrogens is 509 g/mol. The summed E-state index contributed by atoms with van der Waals surface area (Å²) in [4.78, 5) is 27.8. The summed E-state index contributed by atoms with van der Waals surface area (Å²) in [6, 6.07) is 9.33. The molecular formula is C25H33Cl2N3O4S. The second-order valence-corrected chi connectivity index (χ2v) is 11.3. The molecule has 0 aliphatic heterocycles. The zero-order chi connectivity index (χ0) is 26.3. The van der Waals surface area contributed by atoms with Gasteiger partial charge in [-0.3, -0.25) is 13.9 Å². The first-order chi connectivity index (χ1) is 16.4. The molecule has 0 saturated carbocycles. The van der Waals surface area contributed by atoms with Gasteiger partial charge >= 0.3 is 0 Å². The van der Waals surface area contributed by atoms with Crippen LogP contribution in [0, 0.1) is 13.8 Å². The molecule has 2 amide bonds. The molecule has 192 valence electrons. The fourth-order valence-corrected chi connectivity index (χ4v) is 4.92. The highest BCUT2D eigenvalue weighted by molar-refractivity contribution is 7.92. The van der Waals surface area contributed by atoms with Crippen LogP contribution in [0.15, 0.2) is 36.4 Å². The van der Waals surface area contributed by atoms with Crippen LogP contribution in [0.2, 0.25) is 10.0 Å². The molecule has 2 aromatic rings. The van der Waals surface area contributed by atoms with E-state index in [1.54, 1.807) is 37.3 Å². The number of carbonyl (C=O) groups is 2. The number of hydrogen-bond donors (Lipinski definition) is 1. The molecule has 0 aromatic heterocycles. The number of nitrogens with one attached hydrogen (secondary N) is 1. The molecule has 0 aliphatic rings. The summed E-state index contributed by atoms with van der Waals surface area (Å²) >= 11 is 12.4. The van der Waals surface area contributed by atoms with Crippen molar-refractivity contribution in [2.75, 3.05) is 23.7 Å². The van der Waals surface area contributed by atoms with Crippen LogP contribution in [-0.4, -0.2) is 50.5 Å². The number of rotatable bonds is 11. The van der Waals surface area contributed by atoms with E-state index in [-0.39, 0.29) is 12.5 Å². The molecule has 0 saturated heterocycles. The summed E-state index contributed by atoms with van der Waals surface area (Å²) in [7, 11) is -3.79. The first-order valence-electron chi connectivity index (χ1n) is 11.4. The van der Waals surface area contributed by atoms with Gasteiger partial charge < -0.3 is 10.2 Å². The fraction of sp³-hybridized carbons (Fsp3) is 0.440. The number of aryl methyl sites for hydroxylation is 1. The molecule has 0 aliphatic carbocycles. The van der Waals surface area contributed by atoms with Crippen molar-refractivity contribution in [3.8, 4) is 0 Å². The molecule has 0 radical (unpaired) electrons. The number of sulfonamides is 1. The molecule has 0 fully saturated rings. The van der Waals surface area contributed by atoms with Crippen LogP contribution in [-0.2, 0) is 26.2 Å². The average molecular weight is 543 g/mol. The number of amides is 2. The van der Waals surface area contributed by atoms with Gasteiger partial charge in [0.05, 0.1) is 11.9 Å². The van der Waals surface area contributed by atoms with Crippen LogP contribution < -0.4 is 9.62 Å². The SMILES string of the molecule is CCCCNC(=O)C(C)N(Cc1ccc(Cl)cc1Cl)C(=O)CN(c1cccc(C)c1C)S(C)(=O)=O. The molecule has 35 heavy (non-hydrogen) atoms. The van der Waals surface area contributed by atoms with Crippen molar-refractivity contribution in [1.82, 2.24) is 10.2 Å². The number of anilines is 1. The van der Waals surface area contributed by atoms with E-state index in [1.165, 1.54) is 4.90 Å². The summed E-state index contributed by atoms with van der Waals surface area (Å²) in [5, 5.41) is 3.64. The third kappa shape index (κ3) is 7.85. The second-order valence-electron chi connectivity index (χ2n) is 8.57. The molecule has 10 heteroatoms. The van der Waals surface area contributed by atoms with E-state index in [4.69, 9.17) is 23.2 Å². The highest BCUT2D eigenvalue weighted by Crippen LogP contribution is 2.26. The van der Waals surface area contributed by atoms with Gasteiger partial charge in [-0.25, -0.2) is 8.42 Å². The second kappa shape index (κ2) is 12.6. The Morgan fingerprint density at radius 2 is 1.80 bits per heavy atom. The predicted octanol–water partition coefficient (Wildman–Crippen LogP) is 4.71. The van der Waals surface area contributed by atoms with Gasteiger partial charge in [0.25, 0.3) is 0 Å². The Bertz CT molecular complexity index is 1170. The Balaban J connectivity index is 2.43. The Labute approximate surface area is 218 Å². The maximum absolute atomic E-state index is 13.6. The van der Waals surface area contributed by atoms with Crippen LogP contribution >= 0.6 is 23.2 Å². The Kier molecular flexibility index (Phi) is 10.4. The Morgan fingerprint density at radius 3 is 2.40 bits per heavy atom. The average Bonchev–Trinajstić information content (AvgIpc) is 2.78. The van der Waals surface area contributed by atoms with Gasteiger partial charge in [0.1, 0.15) is 12.6 Å². The lowest BCUT2D eigenvalue weighted by atomic mass is 10.1. The van der Waals surface area contributed by atoms with Crippen molar-refractivity contribution < 1.29 is 18.0 Å². The first kappa shape index (κ1) is 28.9. The summed E-state index contributed by atoms with van der Waals surface area (Å²) in [6.07, 6.45) is 2.78. The van der Waals surface area contributed by atoms with E-state index < -0.39 is 28.5 Å². The van der Waals surface area contributed by atoms with Crippen LogP contribution in [0.1, 0.15) is 43.4 Å². The van der Waals surface area contributed by atoms with Crippen molar-refractivity contribution in [3.63, 3.8) is 0 Å². The minimum Gasteiger partial charge on any atom is -0.354 e. The van der Waals surface area contributed by atoms with Crippen LogP contribution in [0.5, 0.6) is 0 Å². The van der Waals surface area contributed by atoms with E-state index in [2.05, 4.69) is 5.32 Å². The van der Waals surface area contributed by atoms with Crippen LogP contribution in [0.4, 0.5) is 5.69 Å². The van der Waals surface area contributed by atoms with Gasteiger partial charge in [-0.15, -0.1) is 0 Å². The van der Waals surface area contributed by atoms with Crippen molar-refractivity contribution in [2.24, 2.45) is 0 Å². The number of benzene rings is 2. The zero-order valence-electron chi connectivity index (χ0n) is 20.8. The van der Waals surface area contributed by atoms with Crippen LogP contribution in [0.3, 0.4) is 0 Å². The zero-order valence-corrected chi connectivity index (χ0v) is 23.1. The first-order valence-corrected chi connectivity index (χ1v) is 14.0. The lowest BCUT2D eigenvalue weighted by Crippen LogP contribution is -2.51. The summed E-state index contributed by atoms with van der Waals surface area (Å²) in [5.41, 5.74) is 2.67. The molecule has 0 spiro atoms. The van der Waals surface area contributed by atoms with E-state index in [9.17, 15) is 18.0 Å². The molecule has 1 unspecified atom stereocenters. The van der Waals surface area contributed by atoms with Crippen molar-refractivity contribution in [3.05, 3.63) is 63.1 Å². The minimum absolute atomic E-state index is 0.0155. The quantitative estimate of drug-likeness (QED) is 0.417. The van der Waals surface area contributed by atoms with E-state index in [0.717, 1.165) is 34.5 Å². The monoisotopic (exact) mass is 541 g/mol. The van der Waals surface area contributed by atoms with Crippen molar-refractivity contribution in [1.29, 1.82) is 0 Å². The van der Waals surface area contributed by atoms with Crippen molar-refractivity contribution >= 4 is 50.7 Å². The molecule has 0 bridgehead atoms. The Hall–Kier alpha value is -2.29. The smallest absolute Gasteiger partial charge is 0.244 e. The van der Waals surface area contributed by atoms with E-state index in [1.807, 2.05) is 26.8 Å². The summed E-state index contributed by atoms with van der Waals surface area (Å²) in [5.74, 6) is -0.852. The van der Waals surface area contributed by atoms with Gasteiger partial charge in [0.15, 0.2) is 0 Å². The number of nitrogens with zero attached hydrogens (tertiary/aromatic N) is 2. The lowest BCUT2D eigenvalue weighted by molar-refractivity contribution is -0.139. The van der Waals surface area contributed by atoms with E-state index in [0.29, 0.717) is 27.8 Å². The third-order valence-corrected chi connectivity index (χ3v) is 7.59. The number of unbranched alkanes of at least 4 members (excludes halogenated alkanes) is 1. The molecule has 0 heterocycles. The molecule has 2 aromatic carbocycles. The topological polar surface area (TPSA) is 86.8 Å². The highest BCUT2D eigenvalue weighted by Gasteiger charge is 2.31. The minimum atomic E-state index is -3.79. The molecule has 1 atom stereocenters. The Morgan fingerprint density at radius 1 is 1.11 bits per heavy atom. The molecule has 1 N–H and O–H groups in total. The number of halogens is 2. The summed E-state index contributed by atoms with van der Waals surface area (Å²) < 4.78 is 26.5. The van der Waals surface area contributed by atoms with Gasteiger partial charge in [-0.05, 0) is 62.1 Å². The molecule has 2 rings (SSSR count). The van der Waals surface area contributed by atoms with E-state index >= 15 is 0 Å².